The van der Waals surface area contributed by atoms with E-state index in [0.717, 1.165) is 51.3 Å². The zero-order valence-electron chi connectivity index (χ0n) is 13.9. The first-order valence-corrected chi connectivity index (χ1v) is 7.76. The van der Waals surface area contributed by atoms with Gasteiger partial charge in [-0.15, -0.1) is 24.8 Å². The van der Waals surface area contributed by atoms with Crippen molar-refractivity contribution in [1.29, 1.82) is 0 Å². The molecule has 6 nitrogen and oxygen atoms in total. The van der Waals surface area contributed by atoms with Crippen LogP contribution in [0.25, 0.3) is 0 Å². The zero-order chi connectivity index (χ0) is 15.3. The highest BCUT2D eigenvalue weighted by Crippen LogP contribution is 2.28. The number of aromatic nitrogens is 1. The number of carbonyl (C=O) groups excluding carboxylic acids is 1. The highest BCUT2D eigenvalue weighted by molar-refractivity contribution is 5.85. The standard InChI is InChI=1S/C15H26N4O2.2ClH/c1-3-15(4-2,12-16)14(20)19-8-6-18(7-9-19)11-13-5-10-21-17-13;;/h5,10H,3-4,6-9,11-12,16H2,1-2H3;2*1H. The van der Waals surface area contributed by atoms with E-state index in [0.29, 0.717) is 6.54 Å². The van der Waals surface area contributed by atoms with Crippen molar-refractivity contribution in [3.8, 4) is 0 Å². The van der Waals surface area contributed by atoms with Crippen molar-refractivity contribution in [3.63, 3.8) is 0 Å². The number of rotatable bonds is 6. The fourth-order valence-corrected chi connectivity index (χ4v) is 2.92. The lowest BCUT2D eigenvalue weighted by atomic mass is 9.81. The Morgan fingerprint density at radius 1 is 1.26 bits per heavy atom. The minimum absolute atomic E-state index is 0. The number of amides is 1. The van der Waals surface area contributed by atoms with Gasteiger partial charge in [-0.05, 0) is 12.8 Å². The van der Waals surface area contributed by atoms with Crippen molar-refractivity contribution in [3.05, 3.63) is 18.0 Å². The van der Waals surface area contributed by atoms with Gasteiger partial charge in [0.1, 0.15) is 6.26 Å². The molecule has 0 unspecified atom stereocenters. The number of piperazine rings is 1. The predicted octanol–water partition coefficient (Wildman–Crippen LogP) is 1.93. The second-order valence-corrected chi connectivity index (χ2v) is 5.75. The summed E-state index contributed by atoms with van der Waals surface area (Å²) < 4.78 is 4.85. The van der Waals surface area contributed by atoms with E-state index in [9.17, 15) is 4.79 Å². The maximum atomic E-state index is 12.7. The van der Waals surface area contributed by atoms with Crippen LogP contribution >= 0.6 is 24.8 Å². The third kappa shape index (κ3) is 5.08. The summed E-state index contributed by atoms with van der Waals surface area (Å²) in [6.07, 6.45) is 3.20. The number of nitrogens with zero attached hydrogens (tertiary/aromatic N) is 3. The van der Waals surface area contributed by atoms with Crippen LogP contribution in [0.4, 0.5) is 0 Å². The second kappa shape index (κ2) is 10.1. The van der Waals surface area contributed by atoms with E-state index in [1.807, 2.05) is 11.0 Å². The average molecular weight is 367 g/mol. The van der Waals surface area contributed by atoms with Gasteiger partial charge in [-0.2, -0.15) is 0 Å². The lowest BCUT2D eigenvalue weighted by Crippen LogP contribution is -2.54. The van der Waals surface area contributed by atoms with Crippen LogP contribution in [0, 0.1) is 5.41 Å². The van der Waals surface area contributed by atoms with Gasteiger partial charge in [-0.1, -0.05) is 19.0 Å². The van der Waals surface area contributed by atoms with Crippen molar-refractivity contribution in [2.45, 2.75) is 33.2 Å². The predicted molar refractivity (Wildman–Crippen MR) is 94.9 cm³/mol. The van der Waals surface area contributed by atoms with Crippen LogP contribution in [0.3, 0.4) is 0 Å². The summed E-state index contributed by atoms with van der Waals surface area (Å²) in [5.41, 5.74) is 6.43. The summed E-state index contributed by atoms with van der Waals surface area (Å²) in [5, 5.41) is 3.93. The zero-order valence-corrected chi connectivity index (χ0v) is 15.5. The molecule has 23 heavy (non-hydrogen) atoms. The SMILES string of the molecule is CCC(CC)(CN)C(=O)N1CCN(Cc2ccon2)CC1.Cl.Cl. The lowest BCUT2D eigenvalue weighted by Gasteiger charge is -2.40. The van der Waals surface area contributed by atoms with Crippen LogP contribution in [0.1, 0.15) is 32.4 Å². The average Bonchev–Trinajstić information content (AvgIpc) is 3.03. The van der Waals surface area contributed by atoms with Gasteiger partial charge in [0.15, 0.2) is 0 Å². The molecule has 0 saturated carbocycles. The van der Waals surface area contributed by atoms with Gasteiger partial charge in [0, 0.05) is 45.3 Å². The third-order valence-corrected chi connectivity index (χ3v) is 4.73. The van der Waals surface area contributed by atoms with Crippen LogP contribution in [-0.2, 0) is 11.3 Å². The molecular formula is C15H28Cl2N4O2. The van der Waals surface area contributed by atoms with Gasteiger partial charge < -0.3 is 15.2 Å². The third-order valence-electron chi connectivity index (χ3n) is 4.73. The molecule has 0 atom stereocenters. The van der Waals surface area contributed by atoms with Crippen LogP contribution in [-0.4, -0.2) is 53.6 Å². The molecule has 2 heterocycles. The minimum Gasteiger partial charge on any atom is -0.364 e. The molecule has 1 aromatic rings. The summed E-state index contributed by atoms with van der Waals surface area (Å²) in [6, 6.07) is 1.88. The maximum Gasteiger partial charge on any atom is 0.230 e. The van der Waals surface area contributed by atoms with Crippen LogP contribution in [0.15, 0.2) is 16.9 Å². The fraction of sp³-hybridized carbons (Fsp3) is 0.733. The van der Waals surface area contributed by atoms with E-state index < -0.39 is 0 Å². The van der Waals surface area contributed by atoms with E-state index in [1.165, 1.54) is 0 Å². The van der Waals surface area contributed by atoms with Crippen molar-refractivity contribution in [2.24, 2.45) is 11.1 Å². The monoisotopic (exact) mass is 366 g/mol. The Hall–Kier alpha value is -0.820. The Balaban J connectivity index is 0.00000242. The van der Waals surface area contributed by atoms with Crippen LogP contribution in [0.5, 0.6) is 0 Å². The molecule has 1 amide bonds. The summed E-state index contributed by atoms with van der Waals surface area (Å²) >= 11 is 0. The molecule has 1 saturated heterocycles. The number of nitrogens with two attached hydrogens (primary N) is 1. The van der Waals surface area contributed by atoms with E-state index in [4.69, 9.17) is 10.3 Å². The number of hydrogen-bond donors (Lipinski definition) is 1. The molecule has 0 aliphatic carbocycles. The molecule has 0 aromatic carbocycles. The smallest absolute Gasteiger partial charge is 0.230 e. The van der Waals surface area contributed by atoms with Gasteiger partial charge in [0.2, 0.25) is 5.91 Å². The molecule has 0 radical (unpaired) electrons. The molecule has 2 rings (SSSR count). The molecule has 1 fully saturated rings. The first-order chi connectivity index (χ1) is 10.1. The Morgan fingerprint density at radius 2 is 1.87 bits per heavy atom. The molecule has 2 N–H and O–H groups in total. The quantitative estimate of drug-likeness (QED) is 0.832. The van der Waals surface area contributed by atoms with Crippen molar-refractivity contribution < 1.29 is 9.32 Å². The van der Waals surface area contributed by atoms with Gasteiger partial charge in [-0.3, -0.25) is 9.69 Å². The van der Waals surface area contributed by atoms with E-state index in [1.54, 1.807) is 6.26 Å². The molecule has 1 aliphatic rings. The van der Waals surface area contributed by atoms with E-state index >= 15 is 0 Å². The summed E-state index contributed by atoms with van der Waals surface area (Å²) in [4.78, 5) is 17.0. The fourth-order valence-electron chi connectivity index (χ4n) is 2.92. The van der Waals surface area contributed by atoms with Gasteiger partial charge in [0.25, 0.3) is 0 Å². The Labute approximate surface area is 150 Å². The molecule has 8 heteroatoms. The largest absolute Gasteiger partial charge is 0.364 e. The molecule has 134 valence electrons. The first-order valence-electron chi connectivity index (χ1n) is 7.76. The summed E-state index contributed by atoms with van der Waals surface area (Å²) in [5.74, 6) is 0.219. The number of carbonyl (C=O) groups is 1. The maximum absolute atomic E-state index is 12.7. The summed E-state index contributed by atoms with van der Waals surface area (Å²) in [6.45, 7) is 8.57. The molecule has 0 bridgehead atoms. The normalized spacial score (nSPS) is 15.7. The topological polar surface area (TPSA) is 75.6 Å². The second-order valence-electron chi connectivity index (χ2n) is 5.75. The molecule has 0 spiro atoms. The Bertz CT molecular complexity index is 436. The van der Waals surface area contributed by atoms with Crippen molar-refractivity contribution >= 4 is 30.7 Å². The van der Waals surface area contributed by atoms with Gasteiger partial charge in [-0.25, -0.2) is 0 Å². The van der Waals surface area contributed by atoms with Crippen LogP contribution < -0.4 is 5.73 Å². The highest BCUT2D eigenvalue weighted by atomic mass is 35.5. The Kier molecular flexibility index (Phi) is 9.77. The van der Waals surface area contributed by atoms with E-state index in [2.05, 4.69) is 23.9 Å². The highest BCUT2D eigenvalue weighted by Gasteiger charge is 2.37. The number of hydrogen-bond acceptors (Lipinski definition) is 5. The van der Waals surface area contributed by atoms with Crippen molar-refractivity contribution in [2.75, 3.05) is 32.7 Å². The molecule has 1 aromatic heterocycles. The Morgan fingerprint density at radius 3 is 2.30 bits per heavy atom. The lowest BCUT2D eigenvalue weighted by molar-refractivity contribution is -0.144. The molecular weight excluding hydrogens is 339 g/mol. The summed E-state index contributed by atoms with van der Waals surface area (Å²) in [7, 11) is 0. The van der Waals surface area contributed by atoms with Crippen LogP contribution in [0.2, 0.25) is 0 Å². The molecule has 1 aliphatic heterocycles. The number of halogens is 2. The van der Waals surface area contributed by atoms with E-state index in [-0.39, 0.29) is 36.1 Å². The van der Waals surface area contributed by atoms with Crippen molar-refractivity contribution in [1.82, 2.24) is 15.0 Å². The first kappa shape index (κ1) is 22.2. The van der Waals surface area contributed by atoms with Gasteiger partial charge in [0.05, 0.1) is 11.1 Å². The minimum atomic E-state index is -0.381. The van der Waals surface area contributed by atoms with Gasteiger partial charge >= 0.3 is 0 Å².